The Morgan fingerprint density at radius 2 is 1.79 bits per heavy atom. The van der Waals surface area contributed by atoms with Crippen LogP contribution in [-0.4, -0.2) is 53.6 Å². The van der Waals surface area contributed by atoms with Gasteiger partial charge in [-0.1, -0.05) is 12.0 Å². The van der Waals surface area contributed by atoms with Gasteiger partial charge < -0.3 is 24.7 Å². The Morgan fingerprint density at radius 1 is 1.08 bits per heavy atom. The Balaban J connectivity index is 1.74. The average Bonchev–Trinajstić information content (AvgIpc) is 2.91. The number of aromatic nitrogens is 2. The third-order valence-corrected chi connectivity index (χ3v) is 5.98. The van der Waals surface area contributed by atoms with Gasteiger partial charge in [-0.25, -0.2) is 4.79 Å². The maximum atomic E-state index is 12.9. The molecule has 0 radical (unpaired) electrons. The number of carbonyl (C=O) groups excluding carboxylic acids is 3. The van der Waals surface area contributed by atoms with Crippen LogP contribution in [0.25, 0.3) is 10.9 Å². The normalized spacial score (nSPS) is 11.3. The second kappa shape index (κ2) is 13.9. The molecule has 1 amide bonds. The van der Waals surface area contributed by atoms with Crippen molar-refractivity contribution in [1.82, 2.24) is 15.3 Å². The lowest BCUT2D eigenvalue weighted by atomic mass is 10.1. The molecular formula is C28H30N4O6S. The molecule has 3 rings (SSSR count). The quantitative estimate of drug-likeness (QED) is 0.178. The molecule has 1 heterocycles. The van der Waals surface area contributed by atoms with Gasteiger partial charge in [-0.3, -0.25) is 19.4 Å². The van der Waals surface area contributed by atoms with E-state index in [1.807, 2.05) is 11.0 Å². The highest BCUT2D eigenvalue weighted by Gasteiger charge is 2.24. The zero-order valence-corrected chi connectivity index (χ0v) is 22.6. The number of terminal acetylenes is 1. The topological polar surface area (TPSA) is 134 Å². The van der Waals surface area contributed by atoms with Crippen LogP contribution in [0, 0.1) is 17.1 Å². The summed E-state index contributed by atoms with van der Waals surface area (Å²) in [6.45, 7) is 4.42. The van der Waals surface area contributed by atoms with E-state index in [4.69, 9.17) is 28.1 Å². The number of fused-ring (bicyclic) bond motifs is 1. The van der Waals surface area contributed by atoms with Gasteiger partial charge in [-0.05, 0) is 74.4 Å². The molecule has 1 aromatic heterocycles. The number of esters is 2. The van der Waals surface area contributed by atoms with Gasteiger partial charge in [-0.2, -0.15) is 0 Å². The van der Waals surface area contributed by atoms with Crippen LogP contribution in [0.1, 0.15) is 42.6 Å². The van der Waals surface area contributed by atoms with Crippen LogP contribution in [0.3, 0.4) is 0 Å². The Bertz CT molecular complexity index is 1490. The first kappa shape index (κ1) is 29.1. The van der Waals surface area contributed by atoms with Gasteiger partial charge in [0.2, 0.25) is 0 Å². The Kier molecular flexibility index (Phi) is 10.4. The fourth-order valence-corrected chi connectivity index (χ4v) is 4.13. The Morgan fingerprint density at radius 3 is 2.46 bits per heavy atom. The second-order valence-electron chi connectivity index (χ2n) is 8.52. The largest absolute Gasteiger partial charge is 0.466 e. The number of nitrogens with one attached hydrogen (secondary N) is 3. The molecule has 0 aliphatic rings. The van der Waals surface area contributed by atoms with Crippen molar-refractivity contribution in [3.8, 4) is 12.3 Å². The van der Waals surface area contributed by atoms with E-state index in [9.17, 15) is 19.2 Å². The van der Waals surface area contributed by atoms with Crippen LogP contribution in [0.15, 0.2) is 47.3 Å². The summed E-state index contributed by atoms with van der Waals surface area (Å²) in [6.07, 6.45) is 5.62. The molecule has 11 heteroatoms. The zero-order valence-electron chi connectivity index (χ0n) is 21.7. The van der Waals surface area contributed by atoms with E-state index in [0.717, 1.165) is 11.3 Å². The predicted octanol–water partition coefficient (Wildman–Crippen LogP) is 3.23. The molecule has 0 aliphatic carbocycles. The van der Waals surface area contributed by atoms with Crippen LogP contribution in [-0.2, 0) is 25.6 Å². The molecule has 1 atom stereocenters. The molecule has 0 bridgehead atoms. The first-order chi connectivity index (χ1) is 18.7. The van der Waals surface area contributed by atoms with Crippen molar-refractivity contribution >= 4 is 46.7 Å². The summed E-state index contributed by atoms with van der Waals surface area (Å²) >= 11 is 5.03. The van der Waals surface area contributed by atoms with Crippen molar-refractivity contribution in [3.05, 3.63) is 68.7 Å². The minimum Gasteiger partial charge on any atom is -0.466 e. The van der Waals surface area contributed by atoms with Gasteiger partial charge in [0.1, 0.15) is 6.04 Å². The first-order valence-electron chi connectivity index (χ1n) is 12.4. The third kappa shape index (κ3) is 8.02. The lowest BCUT2D eigenvalue weighted by molar-refractivity contribution is -0.146. The fourth-order valence-electron chi connectivity index (χ4n) is 3.93. The molecule has 10 nitrogen and oxygen atoms in total. The lowest BCUT2D eigenvalue weighted by Crippen LogP contribution is -2.42. The van der Waals surface area contributed by atoms with Gasteiger partial charge in [0.05, 0.1) is 30.7 Å². The first-order valence-corrected chi connectivity index (χ1v) is 12.8. The fraction of sp³-hybridized carbons (Fsp3) is 0.321. The molecule has 3 N–H and O–H groups in total. The maximum absolute atomic E-state index is 12.9. The van der Waals surface area contributed by atoms with Crippen molar-refractivity contribution in [2.45, 2.75) is 39.3 Å². The van der Waals surface area contributed by atoms with E-state index >= 15 is 0 Å². The van der Waals surface area contributed by atoms with E-state index in [0.29, 0.717) is 23.0 Å². The highest BCUT2D eigenvalue weighted by molar-refractivity contribution is 7.71. The summed E-state index contributed by atoms with van der Waals surface area (Å²) in [6, 6.07) is 11.2. The van der Waals surface area contributed by atoms with Gasteiger partial charge in [0, 0.05) is 24.2 Å². The molecule has 0 fully saturated rings. The van der Waals surface area contributed by atoms with Crippen molar-refractivity contribution < 1.29 is 23.9 Å². The van der Waals surface area contributed by atoms with E-state index in [1.54, 1.807) is 50.2 Å². The van der Waals surface area contributed by atoms with Crippen molar-refractivity contribution in [2.24, 2.45) is 0 Å². The van der Waals surface area contributed by atoms with Crippen LogP contribution in [0.2, 0.25) is 0 Å². The van der Waals surface area contributed by atoms with Gasteiger partial charge in [0.15, 0.2) is 4.77 Å². The number of carbonyl (C=O) groups is 3. The van der Waals surface area contributed by atoms with E-state index < -0.39 is 23.9 Å². The number of aromatic amines is 2. The number of nitrogens with zero attached hydrogens (tertiary/aromatic N) is 1. The number of amides is 1. The number of hydrogen-bond donors (Lipinski definition) is 3. The number of H-pyrrole nitrogens is 2. The molecule has 2 aromatic carbocycles. The van der Waals surface area contributed by atoms with Crippen LogP contribution in [0.4, 0.5) is 5.69 Å². The van der Waals surface area contributed by atoms with E-state index in [1.165, 1.54) is 0 Å². The van der Waals surface area contributed by atoms with Crippen LogP contribution < -0.4 is 15.8 Å². The zero-order chi connectivity index (χ0) is 28.4. The standard InChI is InChI=1S/C28H30N4O6S/c1-4-15-32(17-18-7-12-22-21(16-18)26(35)31-28(39)30-22)20-10-8-19(9-11-20)25(34)29-23(27(36)38-6-3)13-14-24(33)37-5-2/h1,7-12,16,23H,5-6,13-15,17H2,2-3H3,(H,29,34)(H2,30,31,35,39)/t23-/m0/s1. The van der Waals surface area contributed by atoms with E-state index in [-0.39, 0.29) is 42.9 Å². The summed E-state index contributed by atoms with van der Waals surface area (Å²) in [7, 11) is 0. The number of ether oxygens (including phenoxy) is 2. The van der Waals surface area contributed by atoms with Crippen LogP contribution >= 0.6 is 12.2 Å². The summed E-state index contributed by atoms with van der Waals surface area (Å²) in [5.41, 5.74) is 2.29. The van der Waals surface area contributed by atoms with Gasteiger partial charge >= 0.3 is 11.9 Å². The molecule has 0 saturated heterocycles. The predicted molar refractivity (Wildman–Crippen MR) is 150 cm³/mol. The lowest BCUT2D eigenvalue weighted by Gasteiger charge is -2.23. The Hall–Kier alpha value is -4.43. The number of benzene rings is 2. The molecule has 0 unspecified atom stereocenters. The second-order valence-corrected chi connectivity index (χ2v) is 8.93. The minimum absolute atomic E-state index is 0.0370. The highest BCUT2D eigenvalue weighted by Crippen LogP contribution is 2.20. The molecule has 204 valence electrons. The minimum atomic E-state index is -0.996. The molecule has 3 aromatic rings. The Labute approximate surface area is 230 Å². The summed E-state index contributed by atoms with van der Waals surface area (Å²) in [5, 5.41) is 3.12. The monoisotopic (exact) mass is 550 g/mol. The van der Waals surface area contributed by atoms with Crippen molar-refractivity contribution in [3.63, 3.8) is 0 Å². The molecule has 39 heavy (non-hydrogen) atoms. The van der Waals surface area contributed by atoms with Gasteiger partial charge in [0.25, 0.3) is 11.5 Å². The van der Waals surface area contributed by atoms with Crippen molar-refractivity contribution in [1.29, 1.82) is 0 Å². The number of hydrogen-bond acceptors (Lipinski definition) is 8. The summed E-state index contributed by atoms with van der Waals surface area (Å²) < 4.78 is 10.2. The highest BCUT2D eigenvalue weighted by atomic mass is 32.1. The SMILES string of the molecule is C#CCN(Cc1ccc2[nH]c(=S)[nH]c(=O)c2c1)c1ccc(C(=O)N[C@@H](CCC(=O)OCC)C(=O)OCC)cc1. The smallest absolute Gasteiger partial charge is 0.328 e. The van der Waals surface area contributed by atoms with Crippen molar-refractivity contribution in [2.75, 3.05) is 24.7 Å². The number of rotatable bonds is 12. The summed E-state index contributed by atoms with van der Waals surface area (Å²) in [4.78, 5) is 56.7. The van der Waals surface area contributed by atoms with Gasteiger partial charge in [-0.15, -0.1) is 6.42 Å². The maximum Gasteiger partial charge on any atom is 0.328 e. The summed E-state index contributed by atoms with van der Waals surface area (Å²) in [5.74, 6) is 1.06. The average molecular weight is 551 g/mol. The third-order valence-electron chi connectivity index (χ3n) is 5.77. The molecule has 0 saturated carbocycles. The molecular weight excluding hydrogens is 520 g/mol. The molecule has 0 aliphatic heterocycles. The number of anilines is 1. The molecule has 0 spiro atoms. The van der Waals surface area contributed by atoms with E-state index in [2.05, 4.69) is 21.2 Å². The van der Waals surface area contributed by atoms with Crippen LogP contribution in [0.5, 0.6) is 0 Å².